The van der Waals surface area contributed by atoms with Crippen molar-refractivity contribution in [3.8, 4) is 0 Å². The number of hydrogen-bond acceptors (Lipinski definition) is 4. The molecule has 1 aliphatic heterocycles. The normalized spacial score (nSPS) is 18.5. The Morgan fingerprint density at radius 2 is 1.95 bits per heavy atom. The molecule has 1 aliphatic rings. The van der Waals surface area contributed by atoms with Gasteiger partial charge in [-0.3, -0.25) is 9.59 Å². The van der Waals surface area contributed by atoms with Crippen molar-refractivity contribution in [1.29, 1.82) is 0 Å². The average Bonchev–Trinajstić information content (AvgIpc) is 2.84. The Hall–Kier alpha value is -1.79. The number of anilines is 1. The number of esters is 1. The molecule has 0 bridgehead atoms. The number of benzene rings is 1. The van der Waals surface area contributed by atoms with Crippen LogP contribution in [0.1, 0.15) is 19.8 Å². The second-order valence-corrected chi connectivity index (χ2v) is 5.76. The average molecular weight is 345 g/mol. The predicted molar refractivity (Wildman–Crippen MR) is 81.8 cm³/mol. The summed E-state index contributed by atoms with van der Waals surface area (Å²) in [5.41, 5.74) is 0.402. The molecular formula is C14H14Cl2N2O4. The quantitative estimate of drug-likeness (QED) is 0.819. The monoisotopic (exact) mass is 344 g/mol. The lowest BCUT2D eigenvalue weighted by molar-refractivity contribution is -0.155. The fourth-order valence-corrected chi connectivity index (χ4v) is 2.50. The Morgan fingerprint density at radius 1 is 1.32 bits per heavy atom. The first-order valence-corrected chi connectivity index (χ1v) is 7.37. The first-order valence-electron chi connectivity index (χ1n) is 6.62. The van der Waals surface area contributed by atoms with Gasteiger partial charge in [0.25, 0.3) is 5.91 Å². The lowest BCUT2D eigenvalue weighted by Crippen LogP contribution is -2.39. The largest absolute Gasteiger partial charge is 0.451 e. The molecule has 2 amide bonds. The second-order valence-electron chi connectivity index (χ2n) is 4.89. The molecule has 0 unspecified atom stereocenters. The number of carbonyl (C=O) groups excluding carboxylic acids is 3. The zero-order valence-corrected chi connectivity index (χ0v) is 13.2. The zero-order chi connectivity index (χ0) is 16.3. The Bertz CT molecular complexity index is 601. The third kappa shape index (κ3) is 4.35. The van der Waals surface area contributed by atoms with Crippen molar-refractivity contribution >= 4 is 46.7 Å². The second kappa shape index (κ2) is 6.98. The van der Waals surface area contributed by atoms with Crippen LogP contribution in [0.25, 0.3) is 0 Å². The van der Waals surface area contributed by atoms with E-state index in [-0.39, 0.29) is 12.3 Å². The van der Waals surface area contributed by atoms with Gasteiger partial charge in [0.2, 0.25) is 5.91 Å². The van der Waals surface area contributed by atoms with Gasteiger partial charge in [-0.1, -0.05) is 23.2 Å². The topological polar surface area (TPSA) is 84.5 Å². The summed E-state index contributed by atoms with van der Waals surface area (Å²) in [6, 6.07) is 3.89. The molecule has 2 rings (SSSR count). The number of ether oxygens (including phenoxy) is 1. The van der Waals surface area contributed by atoms with Crippen LogP contribution in [-0.4, -0.2) is 29.9 Å². The first kappa shape index (κ1) is 16.6. The highest BCUT2D eigenvalue weighted by molar-refractivity contribution is 6.35. The van der Waals surface area contributed by atoms with Crippen molar-refractivity contribution in [2.24, 2.45) is 0 Å². The zero-order valence-electron chi connectivity index (χ0n) is 11.7. The van der Waals surface area contributed by atoms with Crippen LogP contribution >= 0.6 is 23.2 Å². The van der Waals surface area contributed by atoms with Gasteiger partial charge in [-0.15, -0.1) is 0 Å². The number of carbonyl (C=O) groups is 3. The van der Waals surface area contributed by atoms with Gasteiger partial charge in [0.15, 0.2) is 6.10 Å². The van der Waals surface area contributed by atoms with Crippen LogP contribution in [0, 0.1) is 0 Å². The van der Waals surface area contributed by atoms with E-state index in [2.05, 4.69) is 10.6 Å². The van der Waals surface area contributed by atoms with Gasteiger partial charge in [0, 0.05) is 22.2 Å². The molecule has 2 atom stereocenters. The van der Waals surface area contributed by atoms with Crippen molar-refractivity contribution < 1.29 is 19.1 Å². The van der Waals surface area contributed by atoms with Crippen molar-refractivity contribution in [1.82, 2.24) is 5.32 Å². The minimum atomic E-state index is -1.01. The molecule has 1 saturated heterocycles. The summed E-state index contributed by atoms with van der Waals surface area (Å²) >= 11 is 11.7. The third-order valence-electron chi connectivity index (χ3n) is 3.07. The van der Waals surface area contributed by atoms with E-state index in [9.17, 15) is 14.4 Å². The highest BCUT2D eigenvalue weighted by atomic mass is 35.5. The van der Waals surface area contributed by atoms with E-state index in [1.165, 1.54) is 25.1 Å². The first-order chi connectivity index (χ1) is 10.3. The Balaban J connectivity index is 1.91. The van der Waals surface area contributed by atoms with E-state index in [1.54, 1.807) is 0 Å². The summed E-state index contributed by atoms with van der Waals surface area (Å²) in [6.45, 7) is 1.44. The van der Waals surface area contributed by atoms with Gasteiger partial charge in [-0.05, 0) is 31.5 Å². The van der Waals surface area contributed by atoms with E-state index >= 15 is 0 Å². The molecule has 6 nitrogen and oxygen atoms in total. The lowest BCUT2D eigenvalue weighted by atomic mass is 10.2. The van der Waals surface area contributed by atoms with Crippen molar-refractivity contribution in [3.63, 3.8) is 0 Å². The summed E-state index contributed by atoms with van der Waals surface area (Å²) in [6.07, 6.45) is -0.361. The molecule has 0 aliphatic carbocycles. The molecule has 1 fully saturated rings. The number of hydrogen-bond donors (Lipinski definition) is 2. The molecule has 0 spiro atoms. The number of rotatable bonds is 4. The molecule has 22 heavy (non-hydrogen) atoms. The molecular weight excluding hydrogens is 331 g/mol. The SMILES string of the molecule is C[C@H](OC(=O)[C@H]1CCC(=O)N1)C(=O)Nc1cc(Cl)cc(Cl)c1. The molecule has 8 heteroatoms. The van der Waals surface area contributed by atoms with E-state index < -0.39 is 24.0 Å². The molecule has 1 heterocycles. The molecule has 1 aromatic carbocycles. The lowest BCUT2D eigenvalue weighted by Gasteiger charge is -2.16. The van der Waals surface area contributed by atoms with E-state index in [1.807, 2.05) is 0 Å². The number of amides is 2. The smallest absolute Gasteiger partial charge is 0.329 e. The van der Waals surface area contributed by atoms with Crippen LogP contribution in [-0.2, 0) is 19.1 Å². The van der Waals surface area contributed by atoms with Crippen LogP contribution in [0.15, 0.2) is 18.2 Å². The third-order valence-corrected chi connectivity index (χ3v) is 3.51. The predicted octanol–water partition coefficient (Wildman–Crippen LogP) is 2.14. The summed E-state index contributed by atoms with van der Waals surface area (Å²) in [7, 11) is 0. The van der Waals surface area contributed by atoms with Crippen LogP contribution in [0.4, 0.5) is 5.69 Å². The van der Waals surface area contributed by atoms with Gasteiger partial charge < -0.3 is 15.4 Å². The summed E-state index contributed by atoms with van der Waals surface area (Å²) in [5, 5.41) is 5.79. The summed E-state index contributed by atoms with van der Waals surface area (Å²) in [5.74, 6) is -1.35. The Kier molecular flexibility index (Phi) is 5.26. The van der Waals surface area contributed by atoms with Crippen LogP contribution in [0.5, 0.6) is 0 Å². The molecule has 0 radical (unpaired) electrons. The molecule has 1 aromatic rings. The van der Waals surface area contributed by atoms with Crippen LogP contribution < -0.4 is 10.6 Å². The van der Waals surface area contributed by atoms with Crippen LogP contribution in [0.3, 0.4) is 0 Å². The fourth-order valence-electron chi connectivity index (χ4n) is 1.97. The van der Waals surface area contributed by atoms with Crippen molar-refractivity contribution in [2.75, 3.05) is 5.32 Å². The van der Waals surface area contributed by atoms with Gasteiger partial charge in [0.1, 0.15) is 6.04 Å². The minimum absolute atomic E-state index is 0.201. The summed E-state index contributed by atoms with van der Waals surface area (Å²) in [4.78, 5) is 34.9. The molecule has 0 aromatic heterocycles. The van der Waals surface area contributed by atoms with E-state index in [4.69, 9.17) is 27.9 Å². The maximum absolute atomic E-state index is 12.0. The standard InChI is InChI=1S/C14H14Cl2N2O4/c1-7(22-14(21)11-2-3-12(19)18-11)13(20)17-10-5-8(15)4-9(16)6-10/h4-7,11H,2-3H2,1H3,(H,17,20)(H,18,19)/t7-,11+/m0/s1. The fraction of sp³-hybridized carbons (Fsp3) is 0.357. The Labute approximate surface area is 137 Å². The molecule has 0 saturated carbocycles. The highest BCUT2D eigenvalue weighted by Gasteiger charge is 2.30. The maximum atomic E-state index is 12.0. The van der Waals surface area contributed by atoms with E-state index in [0.717, 1.165) is 0 Å². The summed E-state index contributed by atoms with van der Waals surface area (Å²) < 4.78 is 5.05. The number of nitrogens with one attached hydrogen (secondary N) is 2. The van der Waals surface area contributed by atoms with Gasteiger partial charge in [0.05, 0.1) is 0 Å². The van der Waals surface area contributed by atoms with Gasteiger partial charge in [-0.2, -0.15) is 0 Å². The van der Waals surface area contributed by atoms with Gasteiger partial charge >= 0.3 is 5.97 Å². The number of halogens is 2. The minimum Gasteiger partial charge on any atom is -0.451 e. The van der Waals surface area contributed by atoms with E-state index in [0.29, 0.717) is 22.2 Å². The Morgan fingerprint density at radius 3 is 2.50 bits per heavy atom. The van der Waals surface area contributed by atoms with Crippen LogP contribution in [0.2, 0.25) is 10.0 Å². The molecule has 2 N–H and O–H groups in total. The molecule has 118 valence electrons. The van der Waals surface area contributed by atoms with Gasteiger partial charge in [-0.25, -0.2) is 4.79 Å². The van der Waals surface area contributed by atoms with Crippen molar-refractivity contribution in [3.05, 3.63) is 28.2 Å². The van der Waals surface area contributed by atoms with Crippen molar-refractivity contribution in [2.45, 2.75) is 31.9 Å². The maximum Gasteiger partial charge on any atom is 0.329 e. The highest BCUT2D eigenvalue weighted by Crippen LogP contribution is 2.22.